The van der Waals surface area contributed by atoms with Crippen LogP contribution < -0.4 is 0 Å². The second-order valence-corrected chi connectivity index (χ2v) is 7.52. The average molecular weight is 356 g/mol. The van der Waals surface area contributed by atoms with Crippen LogP contribution in [0.1, 0.15) is 85.5 Å². The summed E-state index contributed by atoms with van der Waals surface area (Å²) in [6.07, 6.45) is 13.4. The Bertz CT molecular complexity index is 354. The molecule has 0 aliphatic heterocycles. The number of hydrogen-bond acceptors (Lipinski definition) is 4. The van der Waals surface area contributed by atoms with Crippen LogP contribution in [0.2, 0.25) is 0 Å². The Kier molecular flexibility index (Phi) is 12.9. The van der Waals surface area contributed by atoms with Crippen molar-refractivity contribution >= 4 is 5.97 Å². The number of unbranched alkanes of at least 4 members (excludes halogenated alkanes) is 6. The molecule has 0 rings (SSSR count). The number of likely N-dealkylation sites (N-methyl/N-ethyl adjacent to an activating group) is 1. The Morgan fingerprint density at radius 1 is 1.04 bits per heavy atom. The van der Waals surface area contributed by atoms with E-state index in [1.165, 1.54) is 32.1 Å². The van der Waals surface area contributed by atoms with Gasteiger partial charge in [0.15, 0.2) is 5.72 Å². The minimum Gasteiger partial charge on any atom is -0.441 e. The molecule has 0 fully saturated rings. The molecule has 0 heterocycles. The topological polar surface area (TPSA) is 49.8 Å². The van der Waals surface area contributed by atoms with Crippen molar-refractivity contribution in [2.24, 2.45) is 5.92 Å². The van der Waals surface area contributed by atoms with Crippen LogP contribution in [0.5, 0.6) is 0 Å². The molecule has 0 aromatic carbocycles. The molecule has 0 saturated carbocycles. The molecule has 0 aliphatic rings. The molecule has 25 heavy (non-hydrogen) atoms. The Morgan fingerprint density at radius 2 is 1.60 bits per heavy atom. The lowest BCUT2D eigenvalue weighted by Crippen LogP contribution is -2.59. The standard InChI is InChI=1S/C21H41NO3/c1-7-8-9-10-11-12-13-14-15-16-17-20(24)25-21(18(2)3,19(4)23)22(5)6/h13-14,18-19,23H,7-12,15-17H2,1-6H3. The van der Waals surface area contributed by atoms with Crippen molar-refractivity contribution in [1.82, 2.24) is 4.90 Å². The summed E-state index contributed by atoms with van der Waals surface area (Å²) >= 11 is 0. The van der Waals surface area contributed by atoms with Gasteiger partial charge >= 0.3 is 5.97 Å². The molecule has 4 heteroatoms. The minimum atomic E-state index is -0.967. The molecule has 0 aromatic heterocycles. The molecule has 0 saturated heterocycles. The summed E-state index contributed by atoms with van der Waals surface area (Å²) in [6, 6.07) is 0. The van der Waals surface area contributed by atoms with Crippen molar-refractivity contribution in [3.05, 3.63) is 12.2 Å². The Balaban J connectivity index is 4.13. The number of ether oxygens (including phenoxy) is 1. The van der Waals surface area contributed by atoms with Crippen LogP contribution in [0.25, 0.3) is 0 Å². The van der Waals surface area contributed by atoms with Gasteiger partial charge in [0, 0.05) is 12.3 Å². The van der Waals surface area contributed by atoms with Gasteiger partial charge in [0.25, 0.3) is 0 Å². The van der Waals surface area contributed by atoms with E-state index >= 15 is 0 Å². The number of carbonyl (C=O) groups excluding carboxylic acids is 1. The van der Waals surface area contributed by atoms with Crippen LogP contribution in [0.3, 0.4) is 0 Å². The summed E-state index contributed by atoms with van der Waals surface area (Å²) in [5.41, 5.74) is -0.967. The van der Waals surface area contributed by atoms with Gasteiger partial charge in [-0.25, -0.2) is 0 Å². The van der Waals surface area contributed by atoms with E-state index in [0.29, 0.717) is 6.42 Å². The monoisotopic (exact) mass is 355 g/mol. The molecule has 0 aromatic rings. The molecule has 148 valence electrons. The predicted molar refractivity (Wildman–Crippen MR) is 105 cm³/mol. The van der Waals surface area contributed by atoms with Crippen molar-refractivity contribution in [3.8, 4) is 0 Å². The highest BCUT2D eigenvalue weighted by atomic mass is 16.6. The highest BCUT2D eigenvalue weighted by molar-refractivity contribution is 5.70. The minimum absolute atomic E-state index is 0.000876. The first-order valence-electron chi connectivity index (χ1n) is 10.0. The van der Waals surface area contributed by atoms with Crippen molar-refractivity contribution < 1.29 is 14.6 Å². The van der Waals surface area contributed by atoms with Crippen LogP contribution in [0, 0.1) is 5.92 Å². The third-order valence-corrected chi connectivity index (χ3v) is 4.79. The van der Waals surface area contributed by atoms with E-state index in [2.05, 4.69) is 19.1 Å². The van der Waals surface area contributed by atoms with Crippen LogP contribution >= 0.6 is 0 Å². The summed E-state index contributed by atoms with van der Waals surface area (Å²) in [7, 11) is 3.67. The van der Waals surface area contributed by atoms with Gasteiger partial charge in [-0.1, -0.05) is 58.6 Å². The zero-order valence-corrected chi connectivity index (χ0v) is 17.4. The van der Waals surface area contributed by atoms with Crippen molar-refractivity contribution in [1.29, 1.82) is 0 Å². The van der Waals surface area contributed by atoms with E-state index in [0.717, 1.165) is 19.3 Å². The lowest BCUT2D eigenvalue weighted by molar-refractivity contribution is -0.220. The summed E-state index contributed by atoms with van der Waals surface area (Å²) in [6.45, 7) is 7.83. The zero-order valence-electron chi connectivity index (χ0n) is 17.4. The lowest BCUT2D eigenvalue weighted by atomic mass is 9.93. The van der Waals surface area contributed by atoms with Crippen LogP contribution in [-0.4, -0.2) is 41.9 Å². The molecule has 0 amide bonds. The van der Waals surface area contributed by atoms with Crippen molar-refractivity contribution in [2.45, 2.75) is 97.3 Å². The SMILES string of the molecule is CCCCCCCC=CCCCC(=O)OC(C(C)C)(C(C)O)N(C)C. The number of hydrogen-bond donors (Lipinski definition) is 1. The Morgan fingerprint density at radius 3 is 2.08 bits per heavy atom. The average Bonchev–Trinajstić information content (AvgIpc) is 2.53. The third kappa shape index (κ3) is 8.87. The number of nitrogens with zero attached hydrogens (tertiary/aromatic N) is 1. The van der Waals surface area contributed by atoms with Gasteiger partial charge in [-0.3, -0.25) is 9.69 Å². The Hall–Kier alpha value is -0.870. The summed E-state index contributed by atoms with van der Waals surface area (Å²) in [4.78, 5) is 14.0. The smallest absolute Gasteiger partial charge is 0.307 e. The number of allylic oxidation sites excluding steroid dienone is 2. The molecule has 2 atom stereocenters. The van der Waals surface area contributed by atoms with E-state index < -0.39 is 11.8 Å². The number of aliphatic hydroxyl groups is 1. The second-order valence-electron chi connectivity index (χ2n) is 7.52. The van der Waals surface area contributed by atoms with Gasteiger partial charge < -0.3 is 9.84 Å². The van der Waals surface area contributed by atoms with Crippen molar-refractivity contribution in [3.63, 3.8) is 0 Å². The van der Waals surface area contributed by atoms with Gasteiger partial charge in [-0.2, -0.15) is 0 Å². The fraction of sp³-hybridized carbons (Fsp3) is 0.857. The van der Waals surface area contributed by atoms with E-state index in [1.54, 1.807) is 11.8 Å². The molecular formula is C21H41NO3. The second kappa shape index (κ2) is 13.3. The highest BCUT2D eigenvalue weighted by Gasteiger charge is 2.44. The number of rotatable bonds is 14. The lowest BCUT2D eigenvalue weighted by Gasteiger charge is -2.44. The van der Waals surface area contributed by atoms with Crippen LogP contribution in [-0.2, 0) is 9.53 Å². The van der Waals surface area contributed by atoms with Gasteiger partial charge in [-0.15, -0.1) is 0 Å². The number of carbonyl (C=O) groups is 1. The van der Waals surface area contributed by atoms with Gasteiger partial charge in [-0.05, 0) is 46.7 Å². The van der Waals surface area contributed by atoms with E-state index in [-0.39, 0.29) is 11.9 Å². The first kappa shape index (κ1) is 24.1. The summed E-state index contributed by atoms with van der Waals surface area (Å²) in [5.74, 6) is -0.240. The van der Waals surface area contributed by atoms with E-state index in [4.69, 9.17) is 4.74 Å². The van der Waals surface area contributed by atoms with E-state index in [9.17, 15) is 9.90 Å². The molecular weight excluding hydrogens is 314 g/mol. The molecule has 0 aliphatic carbocycles. The summed E-state index contributed by atoms with van der Waals surface area (Å²) in [5, 5.41) is 10.2. The molecule has 4 nitrogen and oxygen atoms in total. The maximum absolute atomic E-state index is 12.2. The fourth-order valence-corrected chi connectivity index (χ4v) is 3.37. The van der Waals surface area contributed by atoms with Crippen LogP contribution in [0.4, 0.5) is 0 Å². The van der Waals surface area contributed by atoms with Gasteiger partial charge in [0.2, 0.25) is 0 Å². The first-order valence-corrected chi connectivity index (χ1v) is 10.0. The molecule has 1 N–H and O–H groups in total. The molecule has 2 unspecified atom stereocenters. The van der Waals surface area contributed by atoms with Gasteiger partial charge in [0.05, 0.1) is 0 Å². The fourth-order valence-electron chi connectivity index (χ4n) is 3.37. The molecule has 0 bridgehead atoms. The zero-order chi connectivity index (χ0) is 19.3. The third-order valence-electron chi connectivity index (χ3n) is 4.79. The normalized spacial score (nSPS) is 15.7. The quantitative estimate of drug-likeness (QED) is 0.208. The largest absolute Gasteiger partial charge is 0.441 e. The summed E-state index contributed by atoms with van der Waals surface area (Å²) < 4.78 is 5.72. The number of aliphatic hydroxyl groups excluding tert-OH is 1. The maximum Gasteiger partial charge on any atom is 0.307 e. The maximum atomic E-state index is 12.2. The molecule has 0 spiro atoms. The van der Waals surface area contributed by atoms with Crippen LogP contribution in [0.15, 0.2) is 12.2 Å². The van der Waals surface area contributed by atoms with Gasteiger partial charge in [0.1, 0.15) is 6.10 Å². The van der Waals surface area contributed by atoms with E-state index in [1.807, 2.05) is 27.9 Å². The predicted octanol–water partition coefficient (Wildman–Crippen LogP) is 4.91. The first-order chi connectivity index (χ1) is 11.8. The highest BCUT2D eigenvalue weighted by Crippen LogP contribution is 2.29. The Labute approximate surface area is 155 Å². The van der Waals surface area contributed by atoms with Crippen molar-refractivity contribution in [2.75, 3.05) is 14.1 Å². The molecule has 0 radical (unpaired) electrons. The number of esters is 1.